The van der Waals surface area contributed by atoms with Crippen molar-refractivity contribution in [2.75, 3.05) is 26.8 Å². The quantitative estimate of drug-likeness (QED) is 0.447. The topological polar surface area (TPSA) is 76.8 Å². The number of nitrogens with zero attached hydrogens (tertiary/aromatic N) is 5. The molecular weight excluding hydrogens is 356 g/mol. The van der Waals surface area contributed by atoms with Crippen LogP contribution in [0.15, 0.2) is 23.2 Å². The molecule has 0 fully saturated rings. The molecule has 2 heterocycles. The Balaban J connectivity index is 1.71. The van der Waals surface area contributed by atoms with E-state index in [0.29, 0.717) is 26.3 Å². The number of benzene rings is 1. The molecule has 1 aromatic carbocycles. The lowest BCUT2D eigenvalue weighted by molar-refractivity contribution is 0.171. The zero-order valence-corrected chi connectivity index (χ0v) is 17.2. The molecule has 0 radical (unpaired) electrons. The summed E-state index contributed by atoms with van der Waals surface area (Å²) in [4.78, 5) is 6.89. The number of rotatable bonds is 7. The monoisotopic (exact) mass is 386 g/mol. The summed E-state index contributed by atoms with van der Waals surface area (Å²) < 4.78 is 13.3. The number of guanidine groups is 1. The van der Waals surface area contributed by atoms with Gasteiger partial charge in [-0.3, -0.25) is 0 Å². The molecule has 1 aliphatic heterocycles. The van der Waals surface area contributed by atoms with E-state index in [9.17, 15) is 0 Å². The van der Waals surface area contributed by atoms with E-state index in [2.05, 4.69) is 33.4 Å². The van der Waals surface area contributed by atoms with Crippen molar-refractivity contribution in [3.8, 4) is 11.5 Å². The molecule has 0 saturated carbocycles. The lowest BCUT2D eigenvalue weighted by Gasteiger charge is -2.24. The summed E-state index contributed by atoms with van der Waals surface area (Å²) in [5.41, 5.74) is 1.14. The summed E-state index contributed by atoms with van der Waals surface area (Å²) in [5, 5.41) is 11.8. The Bertz CT molecular complexity index is 817. The van der Waals surface area contributed by atoms with Crippen LogP contribution in [0.25, 0.3) is 0 Å². The standard InChI is InChI=1S/C20H30N6O2/c1-5-6-9-21-20(22-13-19-24-23-15(2)26(19)4)25(3)14-16-7-8-17-18(12-16)28-11-10-27-17/h7-8,12H,5-6,9-11,13-14H2,1-4H3,(H,21,22). The average Bonchev–Trinajstić information content (AvgIpc) is 3.02. The fraction of sp³-hybridized carbons (Fsp3) is 0.550. The lowest BCUT2D eigenvalue weighted by atomic mass is 10.2. The van der Waals surface area contributed by atoms with Gasteiger partial charge in [0.15, 0.2) is 23.3 Å². The van der Waals surface area contributed by atoms with Crippen molar-refractivity contribution in [2.24, 2.45) is 12.0 Å². The summed E-state index contributed by atoms with van der Waals surface area (Å²) >= 11 is 0. The number of aromatic nitrogens is 3. The third kappa shape index (κ3) is 4.94. The lowest BCUT2D eigenvalue weighted by Crippen LogP contribution is -2.39. The largest absolute Gasteiger partial charge is 0.486 e. The number of fused-ring (bicyclic) bond motifs is 1. The molecule has 1 N–H and O–H groups in total. The van der Waals surface area contributed by atoms with Crippen molar-refractivity contribution in [3.63, 3.8) is 0 Å². The zero-order chi connectivity index (χ0) is 19.9. The van der Waals surface area contributed by atoms with Crippen molar-refractivity contribution in [1.29, 1.82) is 0 Å². The van der Waals surface area contributed by atoms with Crippen LogP contribution in [0.3, 0.4) is 0 Å². The van der Waals surface area contributed by atoms with Crippen LogP contribution in [0.1, 0.15) is 37.0 Å². The van der Waals surface area contributed by atoms with Crippen LogP contribution in [-0.2, 0) is 20.1 Å². The van der Waals surface area contributed by atoms with Crippen LogP contribution in [0.4, 0.5) is 0 Å². The third-order valence-corrected chi connectivity index (χ3v) is 4.75. The molecule has 8 nitrogen and oxygen atoms in total. The zero-order valence-electron chi connectivity index (χ0n) is 17.2. The van der Waals surface area contributed by atoms with Gasteiger partial charge >= 0.3 is 0 Å². The van der Waals surface area contributed by atoms with Gasteiger partial charge in [0.2, 0.25) is 0 Å². The van der Waals surface area contributed by atoms with E-state index in [4.69, 9.17) is 14.5 Å². The first-order chi connectivity index (χ1) is 13.6. The van der Waals surface area contributed by atoms with Gasteiger partial charge in [-0.2, -0.15) is 0 Å². The number of unbranched alkanes of at least 4 members (excludes halogenated alkanes) is 1. The summed E-state index contributed by atoms with van der Waals surface area (Å²) in [6.07, 6.45) is 2.23. The van der Waals surface area contributed by atoms with E-state index in [1.54, 1.807) is 0 Å². The highest BCUT2D eigenvalue weighted by molar-refractivity contribution is 5.79. The first kappa shape index (κ1) is 20.0. The third-order valence-electron chi connectivity index (χ3n) is 4.75. The number of aliphatic imine (C=N–C) groups is 1. The Morgan fingerprint density at radius 1 is 1.25 bits per heavy atom. The molecular formula is C20H30N6O2. The molecule has 1 aliphatic rings. The van der Waals surface area contributed by atoms with Gasteiger partial charge in [-0.15, -0.1) is 10.2 Å². The van der Waals surface area contributed by atoms with Gasteiger partial charge < -0.3 is 24.3 Å². The van der Waals surface area contributed by atoms with E-state index in [1.807, 2.05) is 37.7 Å². The second-order valence-electron chi connectivity index (χ2n) is 6.98. The van der Waals surface area contributed by atoms with Gasteiger partial charge in [0, 0.05) is 27.2 Å². The van der Waals surface area contributed by atoms with Crippen molar-refractivity contribution in [3.05, 3.63) is 35.4 Å². The van der Waals surface area contributed by atoms with Crippen LogP contribution in [-0.4, -0.2) is 52.4 Å². The van der Waals surface area contributed by atoms with Crippen LogP contribution in [0, 0.1) is 6.92 Å². The molecule has 0 spiro atoms. The van der Waals surface area contributed by atoms with Gasteiger partial charge in [0.05, 0.1) is 0 Å². The van der Waals surface area contributed by atoms with Crippen molar-refractivity contribution in [2.45, 2.75) is 39.8 Å². The van der Waals surface area contributed by atoms with E-state index < -0.39 is 0 Å². The number of hydrogen-bond acceptors (Lipinski definition) is 5. The predicted molar refractivity (Wildman–Crippen MR) is 109 cm³/mol. The minimum Gasteiger partial charge on any atom is -0.486 e. The van der Waals surface area contributed by atoms with Crippen molar-refractivity contribution >= 4 is 5.96 Å². The maximum absolute atomic E-state index is 5.70. The maximum Gasteiger partial charge on any atom is 0.194 e. The van der Waals surface area contributed by atoms with Gasteiger partial charge in [-0.25, -0.2) is 4.99 Å². The van der Waals surface area contributed by atoms with E-state index in [0.717, 1.165) is 54.1 Å². The van der Waals surface area contributed by atoms with Crippen LogP contribution < -0.4 is 14.8 Å². The first-order valence-electron chi connectivity index (χ1n) is 9.81. The highest BCUT2D eigenvalue weighted by atomic mass is 16.6. The fourth-order valence-electron chi connectivity index (χ4n) is 2.96. The minimum atomic E-state index is 0.483. The second kappa shape index (κ2) is 9.43. The number of ether oxygens (including phenoxy) is 2. The summed E-state index contributed by atoms with van der Waals surface area (Å²) in [5.74, 6) is 4.20. The number of nitrogens with one attached hydrogen (secondary N) is 1. The molecule has 152 valence electrons. The molecule has 0 saturated heterocycles. The van der Waals surface area contributed by atoms with Crippen LogP contribution in [0.2, 0.25) is 0 Å². The van der Waals surface area contributed by atoms with Gasteiger partial charge in [0.1, 0.15) is 25.6 Å². The van der Waals surface area contributed by atoms with Crippen LogP contribution >= 0.6 is 0 Å². The number of aryl methyl sites for hydroxylation is 1. The molecule has 0 atom stereocenters. The summed E-state index contributed by atoms with van der Waals surface area (Å²) in [7, 11) is 4.00. The van der Waals surface area contributed by atoms with Crippen molar-refractivity contribution < 1.29 is 9.47 Å². The SMILES string of the molecule is CCCCNC(=NCc1nnc(C)n1C)N(C)Cc1ccc2c(c1)OCCO2. The average molecular weight is 387 g/mol. The highest BCUT2D eigenvalue weighted by Gasteiger charge is 2.14. The summed E-state index contributed by atoms with van der Waals surface area (Å²) in [6.45, 7) is 7.40. The van der Waals surface area contributed by atoms with Crippen molar-refractivity contribution in [1.82, 2.24) is 25.0 Å². The smallest absolute Gasteiger partial charge is 0.194 e. The molecule has 0 aliphatic carbocycles. The maximum atomic E-state index is 5.70. The number of hydrogen-bond donors (Lipinski definition) is 1. The molecule has 0 unspecified atom stereocenters. The van der Waals surface area contributed by atoms with Gasteiger partial charge in [-0.05, 0) is 31.0 Å². The van der Waals surface area contributed by atoms with Crippen LogP contribution in [0.5, 0.6) is 11.5 Å². The van der Waals surface area contributed by atoms with Gasteiger partial charge in [0.25, 0.3) is 0 Å². The molecule has 1 aromatic heterocycles. The normalized spacial score (nSPS) is 13.5. The predicted octanol–water partition coefficient (Wildman–Crippen LogP) is 2.27. The minimum absolute atomic E-state index is 0.483. The molecule has 8 heteroatoms. The molecule has 2 aromatic rings. The molecule has 28 heavy (non-hydrogen) atoms. The van der Waals surface area contributed by atoms with E-state index >= 15 is 0 Å². The molecule has 3 rings (SSSR count). The Morgan fingerprint density at radius 3 is 2.75 bits per heavy atom. The Hall–Kier alpha value is -2.77. The Labute approximate surface area is 166 Å². The summed E-state index contributed by atoms with van der Waals surface area (Å²) in [6, 6.07) is 6.09. The molecule has 0 bridgehead atoms. The fourth-order valence-corrected chi connectivity index (χ4v) is 2.96. The van der Waals surface area contributed by atoms with E-state index in [-0.39, 0.29) is 0 Å². The first-order valence-corrected chi connectivity index (χ1v) is 9.81. The second-order valence-corrected chi connectivity index (χ2v) is 6.98. The highest BCUT2D eigenvalue weighted by Crippen LogP contribution is 2.31. The van der Waals surface area contributed by atoms with Gasteiger partial charge in [-0.1, -0.05) is 19.4 Å². The molecule has 0 amide bonds. The van der Waals surface area contributed by atoms with E-state index in [1.165, 1.54) is 0 Å². The Kier molecular flexibility index (Phi) is 6.73. The Morgan fingerprint density at radius 2 is 2.04 bits per heavy atom.